The van der Waals surface area contributed by atoms with Crippen LogP contribution in [0.2, 0.25) is 0 Å². The standard InChI is InChI=1S/C18H18FN3O2/c1-12-11-13(7-8-14(12)19)21-17(23)18(24)22-10-4-6-16(22)15-5-2-3-9-20-15/h2-3,5,7-9,11,16H,4,6,10H2,1H3,(H,21,23). The summed E-state index contributed by atoms with van der Waals surface area (Å²) in [6.45, 7) is 2.13. The number of likely N-dealkylation sites (tertiary alicyclic amines) is 1. The van der Waals surface area contributed by atoms with Crippen LogP contribution in [0.3, 0.4) is 0 Å². The summed E-state index contributed by atoms with van der Waals surface area (Å²) in [5, 5.41) is 2.54. The van der Waals surface area contributed by atoms with Gasteiger partial charge in [0.1, 0.15) is 5.82 Å². The summed E-state index contributed by atoms with van der Waals surface area (Å²) in [6, 6.07) is 9.56. The Kier molecular flexibility index (Phi) is 4.55. The number of carbonyl (C=O) groups excluding carboxylic acids is 2. The fourth-order valence-electron chi connectivity index (χ4n) is 2.93. The zero-order valence-corrected chi connectivity index (χ0v) is 13.3. The van der Waals surface area contributed by atoms with Gasteiger partial charge in [-0.1, -0.05) is 6.07 Å². The molecule has 1 fully saturated rings. The molecule has 2 aromatic rings. The molecule has 0 spiro atoms. The van der Waals surface area contributed by atoms with Gasteiger partial charge in [0.05, 0.1) is 11.7 Å². The van der Waals surface area contributed by atoms with Crippen LogP contribution in [0.5, 0.6) is 0 Å². The van der Waals surface area contributed by atoms with E-state index in [1.54, 1.807) is 18.0 Å². The van der Waals surface area contributed by atoms with E-state index in [2.05, 4.69) is 10.3 Å². The van der Waals surface area contributed by atoms with Crippen LogP contribution in [0.1, 0.15) is 30.1 Å². The Balaban J connectivity index is 1.73. The highest BCUT2D eigenvalue weighted by molar-refractivity contribution is 6.39. The number of nitrogens with one attached hydrogen (secondary N) is 1. The Morgan fingerprint density at radius 3 is 2.83 bits per heavy atom. The van der Waals surface area contributed by atoms with Crippen molar-refractivity contribution in [1.29, 1.82) is 0 Å². The van der Waals surface area contributed by atoms with E-state index in [1.165, 1.54) is 18.2 Å². The molecule has 1 N–H and O–H groups in total. The van der Waals surface area contributed by atoms with Crippen LogP contribution in [-0.4, -0.2) is 28.2 Å². The minimum Gasteiger partial charge on any atom is -0.326 e. The van der Waals surface area contributed by atoms with E-state index in [0.29, 0.717) is 17.8 Å². The first kappa shape index (κ1) is 16.1. The van der Waals surface area contributed by atoms with Crippen molar-refractivity contribution in [3.05, 3.63) is 59.7 Å². The maximum atomic E-state index is 13.3. The molecule has 1 atom stereocenters. The lowest BCUT2D eigenvalue weighted by atomic mass is 10.1. The second-order valence-electron chi connectivity index (χ2n) is 5.83. The molecule has 2 amide bonds. The molecule has 5 nitrogen and oxygen atoms in total. The van der Waals surface area contributed by atoms with E-state index in [1.807, 2.05) is 18.2 Å². The van der Waals surface area contributed by atoms with Crippen molar-refractivity contribution in [3.63, 3.8) is 0 Å². The first-order chi connectivity index (χ1) is 11.6. The fourth-order valence-corrected chi connectivity index (χ4v) is 2.93. The number of carbonyl (C=O) groups is 2. The minimum atomic E-state index is -0.719. The van der Waals surface area contributed by atoms with Gasteiger partial charge < -0.3 is 10.2 Å². The summed E-state index contributed by atoms with van der Waals surface area (Å²) < 4.78 is 13.3. The molecule has 3 rings (SSSR count). The molecule has 0 radical (unpaired) electrons. The third-order valence-corrected chi connectivity index (χ3v) is 4.15. The van der Waals surface area contributed by atoms with Gasteiger partial charge >= 0.3 is 11.8 Å². The number of rotatable bonds is 2. The zero-order valence-electron chi connectivity index (χ0n) is 13.3. The second kappa shape index (κ2) is 6.78. The summed E-state index contributed by atoms with van der Waals surface area (Å²) in [5.41, 5.74) is 1.60. The lowest BCUT2D eigenvalue weighted by Crippen LogP contribution is -2.39. The number of hydrogen-bond donors (Lipinski definition) is 1. The summed E-state index contributed by atoms with van der Waals surface area (Å²) in [7, 11) is 0. The van der Waals surface area contributed by atoms with E-state index in [9.17, 15) is 14.0 Å². The molecule has 1 unspecified atom stereocenters. The highest BCUT2D eigenvalue weighted by atomic mass is 19.1. The molecule has 1 aromatic heterocycles. The Morgan fingerprint density at radius 1 is 1.29 bits per heavy atom. The van der Waals surface area contributed by atoms with Gasteiger partial charge in [-0.05, 0) is 55.7 Å². The molecule has 124 valence electrons. The molecule has 0 aliphatic carbocycles. The van der Waals surface area contributed by atoms with Gasteiger partial charge in [-0.25, -0.2) is 4.39 Å². The molecule has 1 aromatic carbocycles. The van der Waals surface area contributed by atoms with E-state index >= 15 is 0 Å². The van der Waals surface area contributed by atoms with Crippen LogP contribution in [-0.2, 0) is 9.59 Å². The highest BCUT2D eigenvalue weighted by Gasteiger charge is 2.34. The number of hydrogen-bond acceptors (Lipinski definition) is 3. The van der Waals surface area contributed by atoms with Crippen LogP contribution in [0.25, 0.3) is 0 Å². The number of halogens is 1. The average molecular weight is 327 g/mol. The Bertz CT molecular complexity index is 764. The van der Waals surface area contributed by atoms with Crippen molar-refractivity contribution < 1.29 is 14.0 Å². The third-order valence-electron chi connectivity index (χ3n) is 4.15. The van der Waals surface area contributed by atoms with Crippen molar-refractivity contribution in [2.24, 2.45) is 0 Å². The van der Waals surface area contributed by atoms with Gasteiger partial charge in [0.15, 0.2) is 0 Å². The summed E-state index contributed by atoms with van der Waals surface area (Å²) >= 11 is 0. The lowest BCUT2D eigenvalue weighted by Gasteiger charge is -2.23. The van der Waals surface area contributed by atoms with Crippen LogP contribution >= 0.6 is 0 Å². The first-order valence-electron chi connectivity index (χ1n) is 7.85. The van der Waals surface area contributed by atoms with Gasteiger partial charge in [0.2, 0.25) is 0 Å². The molecule has 0 saturated carbocycles. The largest absolute Gasteiger partial charge is 0.326 e. The summed E-state index contributed by atoms with van der Waals surface area (Å²) in [4.78, 5) is 30.6. The van der Waals surface area contributed by atoms with Gasteiger partial charge in [-0.3, -0.25) is 14.6 Å². The molecule has 6 heteroatoms. The van der Waals surface area contributed by atoms with Gasteiger partial charge in [0, 0.05) is 18.4 Å². The van der Waals surface area contributed by atoms with Crippen molar-refractivity contribution in [3.8, 4) is 0 Å². The number of aromatic nitrogens is 1. The van der Waals surface area contributed by atoms with Gasteiger partial charge in [-0.15, -0.1) is 0 Å². The van der Waals surface area contributed by atoms with Crippen molar-refractivity contribution >= 4 is 17.5 Å². The summed E-state index contributed by atoms with van der Waals surface area (Å²) in [6.07, 6.45) is 3.29. The smallest absolute Gasteiger partial charge is 0.313 e. The molecular weight excluding hydrogens is 309 g/mol. The first-order valence-corrected chi connectivity index (χ1v) is 7.85. The predicted octanol–water partition coefficient (Wildman–Crippen LogP) is 2.83. The van der Waals surface area contributed by atoms with Crippen molar-refractivity contribution in [2.75, 3.05) is 11.9 Å². The number of pyridine rings is 1. The van der Waals surface area contributed by atoms with E-state index in [0.717, 1.165) is 18.5 Å². The Labute approximate surface area is 139 Å². The van der Waals surface area contributed by atoms with E-state index < -0.39 is 11.8 Å². The maximum Gasteiger partial charge on any atom is 0.313 e. The summed E-state index contributed by atoms with van der Waals surface area (Å²) in [5.74, 6) is -1.66. The van der Waals surface area contributed by atoms with Crippen LogP contribution < -0.4 is 5.32 Å². The third kappa shape index (κ3) is 3.27. The maximum absolute atomic E-state index is 13.3. The van der Waals surface area contributed by atoms with Gasteiger partial charge in [-0.2, -0.15) is 0 Å². The van der Waals surface area contributed by atoms with Crippen LogP contribution in [0.4, 0.5) is 10.1 Å². The second-order valence-corrected chi connectivity index (χ2v) is 5.83. The van der Waals surface area contributed by atoms with Crippen LogP contribution in [0, 0.1) is 12.7 Å². The molecule has 1 saturated heterocycles. The molecule has 1 aliphatic heterocycles. The number of nitrogens with zero attached hydrogens (tertiary/aromatic N) is 2. The monoisotopic (exact) mass is 327 g/mol. The van der Waals surface area contributed by atoms with Crippen LogP contribution in [0.15, 0.2) is 42.6 Å². The molecule has 2 heterocycles. The molecule has 1 aliphatic rings. The molecule has 0 bridgehead atoms. The number of amides is 2. The molecular formula is C18H18FN3O2. The molecule has 24 heavy (non-hydrogen) atoms. The number of anilines is 1. The highest BCUT2D eigenvalue weighted by Crippen LogP contribution is 2.30. The van der Waals surface area contributed by atoms with E-state index in [-0.39, 0.29) is 11.9 Å². The van der Waals surface area contributed by atoms with Gasteiger partial charge in [0.25, 0.3) is 0 Å². The fraction of sp³-hybridized carbons (Fsp3) is 0.278. The normalized spacial score (nSPS) is 16.9. The number of benzene rings is 1. The van der Waals surface area contributed by atoms with Crippen molar-refractivity contribution in [2.45, 2.75) is 25.8 Å². The lowest BCUT2D eigenvalue weighted by molar-refractivity contribution is -0.143. The number of aryl methyl sites for hydroxylation is 1. The Morgan fingerprint density at radius 2 is 2.12 bits per heavy atom. The predicted molar refractivity (Wildman–Crippen MR) is 87.7 cm³/mol. The topological polar surface area (TPSA) is 62.3 Å². The SMILES string of the molecule is Cc1cc(NC(=O)C(=O)N2CCCC2c2ccccn2)ccc1F. The Hall–Kier alpha value is -2.76. The average Bonchev–Trinajstić information content (AvgIpc) is 3.08. The van der Waals surface area contributed by atoms with Crippen molar-refractivity contribution in [1.82, 2.24) is 9.88 Å². The zero-order chi connectivity index (χ0) is 17.1. The quantitative estimate of drug-likeness (QED) is 0.863. The van der Waals surface area contributed by atoms with E-state index in [4.69, 9.17) is 0 Å². The minimum absolute atomic E-state index is 0.181.